The molecule has 0 aliphatic rings. The molecule has 0 unspecified atom stereocenters. The molecule has 0 saturated heterocycles. The molecule has 0 bridgehead atoms. The molecule has 1 heteroatoms. The zero-order chi connectivity index (χ0) is 9.07. The van der Waals surface area contributed by atoms with Gasteiger partial charge in [-0.3, -0.25) is 0 Å². The maximum absolute atomic E-state index is 3.99. The van der Waals surface area contributed by atoms with Crippen molar-refractivity contribution in [3.63, 3.8) is 0 Å². The summed E-state index contributed by atoms with van der Waals surface area (Å²) in [6.07, 6.45) is 1.01. The normalized spacial score (nSPS) is 10.9. The lowest BCUT2D eigenvalue weighted by Crippen LogP contribution is -2.39. The summed E-state index contributed by atoms with van der Waals surface area (Å²) in [5.41, 5.74) is 2.19. The van der Waals surface area contributed by atoms with Crippen molar-refractivity contribution < 1.29 is 0 Å². The van der Waals surface area contributed by atoms with Crippen LogP contribution < -0.4 is 5.32 Å². The van der Waals surface area contributed by atoms with Gasteiger partial charge >= 0.3 is 0 Å². The molecule has 0 radical (unpaired) electrons. The average molecular weight is 153 g/mol. The average Bonchev–Trinajstić information content (AvgIpc) is 1.83. The number of hydrogen-bond acceptors (Lipinski definition) is 1. The molecule has 0 aliphatic heterocycles. The lowest BCUT2D eigenvalue weighted by molar-refractivity contribution is 0.491. The van der Waals surface area contributed by atoms with E-state index in [0.717, 1.165) is 12.1 Å². The highest BCUT2D eigenvalue weighted by molar-refractivity contribution is 5.15. The van der Waals surface area contributed by atoms with Crippen LogP contribution in [0.3, 0.4) is 0 Å². The van der Waals surface area contributed by atoms with Gasteiger partial charge in [0, 0.05) is 5.70 Å². The predicted molar refractivity (Wildman–Crippen MR) is 51.5 cm³/mol. The van der Waals surface area contributed by atoms with Crippen LogP contribution in [-0.4, -0.2) is 5.54 Å². The van der Waals surface area contributed by atoms with E-state index in [2.05, 4.69) is 39.2 Å². The van der Waals surface area contributed by atoms with Gasteiger partial charge in [0.05, 0.1) is 5.54 Å². The second kappa shape index (κ2) is 3.61. The minimum atomic E-state index is -0.0133. The Labute approximate surface area is 70.2 Å². The summed E-state index contributed by atoms with van der Waals surface area (Å²) in [6.45, 7) is 16.1. The van der Waals surface area contributed by atoms with E-state index >= 15 is 0 Å². The molecule has 1 N–H and O–H groups in total. The summed E-state index contributed by atoms with van der Waals surface area (Å²) >= 11 is 0. The molecule has 0 aromatic rings. The van der Waals surface area contributed by atoms with Crippen LogP contribution in [0.2, 0.25) is 0 Å². The topological polar surface area (TPSA) is 12.0 Å². The van der Waals surface area contributed by atoms with E-state index in [1.54, 1.807) is 0 Å². The van der Waals surface area contributed by atoms with Crippen LogP contribution in [0.5, 0.6) is 0 Å². The fourth-order valence-corrected chi connectivity index (χ4v) is 1.06. The van der Waals surface area contributed by atoms with Gasteiger partial charge in [-0.25, -0.2) is 0 Å². The summed E-state index contributed by atoms with van der Waals surface area (Å²) < 4.78 is 0. The van der Waals surface area contributed by atoms with E-state index in [1.807, 2.05) is 6.92 Å². The van der Waals surface area contributed by atoms with Crippen molar-refractivity contribution in [1.29, 1.82) is 0 Å². The highest BCUT2D eigenvalue weighted by Gasteiger charge is 2.18. The molecule has 1 nitrogen and oxygen atoms in total. The molecule has 11 heavy (non-hydrogen) atoms. The summed E-state index contributed by atoms with van der Waals surface area (Å²) in [5, 5.41) is 3.28. The van der Waals surface area contributed by atoms with Gasteiger partial charge in [0.2, 0.25) is 0 Å². The first-order chi connectivity index (χ1) is 4.90. The molecule has 0 saturated carbocycles. The van der Waals surface area contributed by atoms with Gasteiger partial charge in [0.25, 0.3) is 0 Å². The third-order valence-electron chi connectivity index (χ3n) is 1.84. The Bertz CT molecular complexity index is 166. The van der Waals surface area contributed by atoms with Crippen LogP contribution in [0.15, 0.2) is 24.4 Å². The van der Waals surface area contributed by atoms with Gasteiger partial charge in [-0.15, -0.1) is 0 Å². The van der Waals surface area contributed by atoms with Crippen LogP contribution in [0.25, 0.3) is 0 Å². The maximum atomic E-state index is 3.99. The second-order valence-corrected chi connectivity index (χ2v) is 3.49. The van der Waals surface area contributed by atoms with Crippen LogP contribution in [0, 0.1) is 0 Å². The van der Waals surface area contributed by atoms with Crippen LogP contribution in [-0.2, 0) is 0 Å². The quantitative estimate of drug-likeness (QED) is 0.612. The maximum Gasteiger partial charge on any atom is 0.0523 e. The molecule has 64 valence electrons. The summed E-state index contributed by atoms with van der Waals surface area (Å²) in [4.78, 5) is 0. The minimum Gasteiger partial charge on any atom is -0.380 e. The number of allylic oxidation sites excluding steroid dienone is 1. The highest BCUT2D eigenvalue weighted by Crippen LogP contribution is 2.17. The Kier molecular flexibility index (Phi) is 3.37. The number of rotatable bonds is 4. The smallest absolute Gasteiger partial charge is 0.0523 e. The van der Waals surface area contributed by atoms with Crippen LogP contribution in [0.4, 0.5) is 0 Å². The van der Waals surface area contributed by atoms with Crippen molar-refractivity contribution in [2.45, 2.75) is 39.7 Å². The third kappa shape index (κ3) is 3.26. The Morgan fingerprint density at radius 2 is 1.82 bits per heavy atom. The van der Waals surface area contributed by atoms with Crippen molar-refractivity contribution in [3.05, 3.63) is 24.4 Å². The summed E-state index contributed by atoms with van der Waals surface area (Å²) in [5.74, 6) is 0. The van der Waals surface area contributed by atoms with E-state index in [-0.39, 0.29) is 5.54 Å². The van der Waals surface area contributed by atoms with Gasteiger partial charge < -0.3 is 5.32 Å². The highest BCUT2D eigenvalue weighted by atomic mass is 15.0. The summed E-state index contributed by atoms with van der Waals surface area (Å²) in [6, 6.07) is 0. The molecule has 0 rings (SSSR count). The van der Waals surface area contributed by atoms with Gasteiger partial charge in [-0.1, -0.05) is 25.7 Å². The van der Waals surface area contributed by atoms with Gasteiger partial charge in [0.1, 0.15) is 0 Å². The molecule has 0 atom stereocenters. The first-order valence-corrected chi connectivity index (χ1v) is 4.02. The zero-order valence-corrected chi connectivity index (χ0v) is 8.12. The van der Waals surface area contributed by atoms with Crippen molar-refractivity contribution in [1.82, 2.24) is 5.32 Å². The van der Waals surface area contributed by atoms with E-state index < -0.39 is 0 Å². The van der Waals surface area contributed by atoms with E-state index in [0.29, 0.717) is 0 Å². The molecule has 0 heterocycles. The SMILES string of the molecule is C=C(C)NC(C)(C)C(=C)CC. The first kappa shape index (κ1) is 10.3. The Hall–Kier alpha value is -0.720. The lowest BCUT2D eigenvalue weighted by Gasteiger charge is -2.29. The van der Waals surface area contributed by atoms with Gasteiger partial charge in [-0.05, 0) is 27.2 Å². The summed E-state index contributed by atoms with van der Waals surface area (Å²) in [7, 11) is 0. The largest absolute Gasteiger partial charge is 0.380 e. The first-order valence-electron chi connectivity index (χ1n) is 4.02. The van der Waals surface area contributed by atoms with Crippen molar-refractivity contribution >= 4 is 0 Å². The molecule has 0 spiro atoms. The van der Waals surface area contributed by atoms with E-state index in [4.69, 9.17) is 0 Å². The van der Waals surface area contributed by atoms with Crippen LogP contribution in [0.1, 0.15) is 34.1 Å². The third-order valence-corrected chi connectivity index (χ3v) is 1.84. The van der Waals surface area contributed by atoms with Crippen LogP contribution >= 0.6 is 0 Å². The molecule has 0 aromatic heterocycles. The Morgan fingerprint density at radius 3 is 2.09 bits per heavy atom. The predicted octanol–water partition coefficient (Wildman–Crippen LogP) is 2.85. The zero-order valence-electron chi connectivity index (χ0n) is 8.12. The van der Waals surface area contributed by atoms with Gasteiger partial charge in [-0.2, -0.15) is 0 Å². The van der Waals surface area contributed by atoms with E-state index in [9.17, 15) is 0 Å². The fourth-order valence-electron chi connectivity index (χ4n) is 1.06. The molecule has 0 amide bonds. The number of nitrogens with one attached hydrogen (secondary N) is 1. The molecule has 0 aliphatic carbocycles. The van der Waals surface area contributed by atoms with Crippen molar-refractivity contribution in [3.8, 4) is 0 Å². The molecular weight excluding hydrogens is 134 g/mol. The Balaban J connectivity index is 4.21. The van der Waals surface area contributed by atoms with Gasteiger partial charge in [0.15, 0.2) is 0 Å². The Morgan fingerprint density at radius 1 is 1.36 bits per heavy atom. The van der Waals surface area contributed by atoms with Crippen molar-refractivity contribution in [2.75, 3.05) is 0 Å². The molecular formula is C10H19N. The van der Waals surface area contributed by atoms with Crippen molar-refractivity contribution in [2.24, 2.45) is 0 Å². The molecule has 0 aromatic carbocycles. The lowest BCUT2D eigenvalue weighted by atomic mass is 9.93. The standard InChI is InChI=1S/C10H19N/c1-7-9(4)10(5,6)11-8(2)3/h11H,2,4,7H2,1,3,5-6H3. The number of hydrogen-bond donors (Lipinski definition) is 1. The van der Waals surface area contributed by atoms with E-state index in [1.165, 1.54) is 5.57 Å². The second-order valence-electron chi connectivity index (χ2n) is 3.49. The molecule has 0 fully saturated rings. The fraction of sp³-hybridized carbons (Fsp3) is 0.600. The minimum absolute atomic E-state index is 0.0133. The monoisotopic (exact) mass is 153 g/mol.